The lowest BCUT2D eigenvalue weighted by Crippen LogP contribution is -2.48. The minimum atomic E-state index is 0.0619. The Balaban J connectivity index is 1.63. The molecule has 2 aromatic heterocycles. The Kier molecular flexibility index (Phi) is 3.41. The number of hydrogen-bond donors (Lipinski definition) is 0. The summed E-state index contributed by atoms with van der Waals surface area (Å²) in [6.45, 7) is 3.12. The number of aromatic nitrogens is 2. The van der Waals surface area contributed by atoms with E-state index in [1.165, 1.54) is 0 Å². The highest BCUT2D eigenvalue weighted by atomic mass is 32.1. The summed E-state index contributed by atoms with van der Waals surface area (Å²) >= 11 is 1.64. The molecule has 0 bridgehead atoms. The predicted octanol–water partition coefficient (Wildman–Crippen LogP) is 1.50. The average molecular weight is 274 g/mol. The van der Waals surface area contributed by atoms with Gasteiger partial charge in [0.15, 0.2) is 5.13 Å². The largest absolute Gasteiger partial charge is 0.345 e. The van der Waals surface area contributed by atoms with Crippen LogP contribution < -0.4 is 4.90 Å². The highest BCUT2D eigenvalue weighted by molar-refractivity contribution is 7.13. The second-order valence-corrected chi connectivity index (χ2v) is 5.21. The van der Waals surface area contributed by atoms with Gasteiger partial charge in [-0.1, -0.05) is 0 Å². The Hall–Kier alpha value is -1.95. The molecule has 1 saturated heterocycles. The van der Waals surface area contributed by atoms with E-state index in [2.05, 4.69) is 14.9 Å². The standard InChI is InChI=1S/C13H14N4OS/c18-12(11-2-1-3-14-10-11)16-5-7-17(8-6-16)13-15-4-9-19-13/h1-4,9-10H,5-8H2. The number of thiazole rings is 1. The van der Waals surface area contributed by atoms with Crippen LogP contribution in [0.3, 0.4) is 0 Å². The second kappa shape index (κ2) is 5.36. The van der Waals surface area contributed by atoms with Gasteiger partial charge in [-0.2, -0.15) is 0 Å². The third kappa shape index (κ3) is 2.58. The van der Waals surface area contributed by atoms with Crippen LogP contribution in [0, 0.1) is 0 Å². The lowest BCUT2D eigenvalue weighted by Gasteiger charge is -2.34. The molecule has 0 aliphatic carbocycles. The molecule has 0 atom stereocenters. The summed E-state index contributed by atoms with van der Waals surface area (Å²) in [4.78, 5) is 24.6. The zero-order valence-corrected chi connectivity index (χ0v) is 11.2. The lowest BCUT2D eigenvalue weighted by atomic mass is 10.2. The smallest absolute Gasteiger partial charge is 0.255 e. The Morgan fingerprint density at radius 2 is 2.05 bits per heavy atom. The Labute approximate surface area is 115 Å². The third-order valence-corrected chi connectivity index (χ3v) is 4.00. The summed E-state index contributed by atoms with van der Waals surface area (Å²) in [5.41, 5.74) is 0.658. The van der Waals surface area contributed by atoms with Gasteiger partial charge in [0.2, 0.25) is 0 Å². The number of rotatable bonds is 2. The minimum Gasteiger partial charge on any atom is -0.345 e. The molecule has 0 radical (unpaired) electrons. The van der Waals surface area contributed by atoms with Crippen LogP contribution in [0.5, 0.6) is 0 Å². The van der Waals surface area contributed by atoms with Crippen LogP contribution in [0.4, 0.5) is 5.13 Å². The highest BCUT2D eigenvalue weighted by Crippen LogP contribution is 2.19. The molecule has 19 heavy (non-hydrogen) atoms. The molecule has 1 aliphatic heterocycles. The molecule has 0 N–H and O–H groups in total. The normalized spacial score (nSPS) is 15.6. The van der Waals surface area contributed by atoms with Crippen LogP contribution in [0.15, 0.2) is 36.1 Å². The summed E-state index contributed by atoms with van der Waals surface area (Å²) in [6, 6.07) is 3.60. The van der Waals surface area contributed by atoms with E-state index >= 15 is 0 Å². The lowest BCUT2D eigenvalue weighted by molar-refractivity contribution is 0.0746. The fourth-order valence-corrected chi connectivity index (χ4v) is 2.84. The summed E-state index contributed by atoms with van der Waals surface area (Å²) in [6.07, 6.45) is 5.11. The van der Waals surface area contributed by atoms with Crippen molar-refractivity contribution in [2.45, 2.75) is 0 Å². The van der Waals surface area contributed by atoms with Crippen LogP contribution >= 0.6 is 11.3 Å². The van der Waals surface area contributed by atoms with Gasteiger partial charge < -0.3 is 9.80 Å². The van der Waals surface area contributed by atoms with Gasteiger partial charge in [-0.25, -0.2) is 4.98 Å². The number of nitrogens with zero attached hydrogens (tertiary/aromatic N) is 4. The number of carbonyl (C=O) groups is 1. The number of hydrogen-bond acceptors (Lipinski definition) is 5. The molecular formula is C13H14N4OS. The molecule has 3 rings (SSSR count). The van der Waals surface area contributed by atoms with Gasteiger partial charge in [0, 0.05) is 50.1 Å². The van der Waals surface area contributed by atoms with Gasteiger partial charge in [-0.05, 0) is 12.1 Å². The van der Waals surface area contributed by atoms with Gasteiger partial charge in [-0.15, -0.1) is 11.3 Å². The van der Waals surface area contributed by atoms with Crippen molar-refractivity contribution >= 4 is 22.4 Å². The first-order valence-corrected chi connectivity index (χ1v) is 7.06. The molecule has 0 spiro atoms. The quantitative estimate of drug-likeness (QED) is 0.832. The summed E-state index contributed by atoms with van der Waals surface area (Å²) in [5.74, 6) is 0.0619. The van der Waals surface area contributed by atoms with Crippen molar-refractivity contribution < 1.29 is 4.79 Å². The monoisotopic (exact) mass is 274 g/mol. The first-order chi connectivity index (χ1) is 9.34. The molecule has 1 fully saturated rings. The summed E-state index contributed by atoms with van der Waals surface area (Å²) in [7, 11) is 0. The Morgan fingerprint density at radius 1 is 1.21 bits per heavy atom. The van der Waals surface area contributed by atoms with Crippen molar-refractivity contribution in [1.82, 2.24) is 14.9 Å². The van der Waals surface area contributed by atoms with E-state index in [0.717, 1.165) is 31.3 Å². The van der Waals surface area contributed by atoms with Gasteiger partial charge in [0.25, 0.3) is 5.91 Å². The maximum Gasteiger partial charge on any atom is 0.255 e. The SMILES string of the molecule is O=C(c1cccnc1)N1CCN(c2nccs2)CC1. The Bertz CT molecular complexity index is 535. The zero-order chi connectivity index (χ0) is 13.1. The van der Waals surface area contributed by atoms with E-state index in [0.29, 0.717) is 5.56 Å². The van der Waals surface area contributed by atoms with Crippen LogP contribution in [-0.2, 0) is 0 Å². The van der Waals surface area contributed by atoms with Crippen LogP contribution in [-0.4, -0.2) is 47.0 Å². The first kappa shape index (κ1) is 12.1. The maximum absolute atomic E-state index is 12.2. The number of piperazine rings is 1. The maximum atomic E-state index is 12.2. The molecule has 6 heteroatoms. The molecule has 3 heterocycles. The third-order valence-electron chi connectivity index (χ3n) is 3.17. The number of pyridine rings is 1. The molecule has 5 nitrogen and oxygen atoms in total. The predicted molar refractivity (Wildman–Crippen MR) is 74.5 cm³/mol. The Morgan fingerprint density at radius 3 is 2.68 bits per heavy atom. The second-order valence-electron chi connectivity index (χ2n) is 4.34. The van der Waals surface area contributed by atoms with Crippen molar-refractivity contribution in [2.75, 3.05) is 31.1 Å². The van der Waals surface area contributed by atoms with Crippen molar-refractivity contribution in [1.29, 1.82) is 0 Å². The highest BCUT2D eigenvalue weighted by Gasteiger charge is 2.23. The van der Waals surface area contributed by atoms with Crippen molar-refractivity contribution in [3.05, 3.63) is 41.7 Å². The average Bonchev–Trinajstić information content (AvgIpc) is 3.02. The molecule has 0 aromatic carbocycles. The van der Waals surface area contributed by atoms with E-state index in [9.17, 15) is 4.79 Å². The molecule has 1 aliphatic rings. The fourth-order valence-electron chi connectivity index (χ4n) is 2.14. The van der Waals surface area contributed by atoms with E-state index < -0.39 is 0 Å². The molecule has 0 unspecified atom stereocenters. The first-order valence-electron chi connectivity index (χ1n) is 6.18. The minimum absolute atomic E-state index is 0.0619. The molecule has 98 valence electrons. The van der Waals surface area contributed by atoms with Crippen LogP contribution in [0.1, 0.15) is 10.4 Å². The number of amides is 1. The van der Waals surface area contributed by atoms with Crippen molar-refractivity contribution in [3.63, 3.8) is 0 Å². The summed E-state index contributed by atoms with van der Waals surface area (Å²) in [5, 5.41) is 3.01. The fraction of sp³-hybridized carbons (Fsp3) is 0.308. The summed E-state index contributed by atoms with van der Waals surface area (Å²) < 4.78 is 0. The van der Waals surface area contributed by atoms with Crippen LogP contribution in [0.2, 0.25) is 0 Å². The van der Waals surface area contributed by atoms with E-state index in [-0.39, 0.29) is 5.91 Å². The van der Waals surface area contributed by atoms with Crippen LogP contribution in [0.25, 0.3) is 0 Å². The number of carbonyl (C=O) groups excluding carboxylic acids is 1. The molecule has 1 amide bonds. The van der Waals surface area contributed by atoms with Gasteiger partial charge in [-0.3, -0.25) is 9.78 Å². The van der Waals surface area contributed by atoms with Gasteiger partial charge in [0.05, 0.1) is 5.56 Å². The van der Waals surface area contributed by atoms with Gasteiger partial charge in [0.1, 0.15) is 0 Å². The van der Waals surface area contributed by atoms with E-state index in [1.807, 2.05) is 22.5 Å². The molecular weight excluding hydrogens is 260 g/mol. The van der Waals surface area contributed by atoms with E-state index in [4.69, 9.17) is 0 Å². The van der Waals surface area contributed by atoms with Gasteiger partial charge >= 0.3 is 0 Å². The number of anilines is 1. The van der Waals surface area contributed by atoms with Crippen molar-refractivity contribution in [2.24, 2.45) is 0 Å². The van der Waals surface area contributed by atoms with E-state index in [1.54, 1.807) is 29.8 Å². The zero-order valence-electron chi connectivity index (χ0n) is 10.4. The topological polar surface area (TPSA) is 49.3 Å². The molecule has 0 saturated carbocycles. The molecule has 2 aromatic rings. The van der Waals surface area contributed by atoms with Crippen molar-refractivity contribution in [3.8, 4) is 0 Å².